The van der Waals surface area contributed by atoms with Gasteiger partial charge in [-0.15, -0.1) is 0 Å². The number of nitrogens with one attached hydrogen (secondary N) is 1. The highest BCUT2D eigenvalue weighted by molar-refractivity contribution is 5.97. The van der Waals surface area contributed by atoms with Crippen LogP contribution in [0.5, 0.6) is 5.75 Å². The fourth-order valence-electron chi connectivity index (χ4n) is 5.86. The summed E-state index contributed by atoms with van der Waals surface area (Å²) in [7, 11) is 0. The molecule has 0 bridgehead atoms. The van der Waals surface area contributed by atoms with E-state index in [4.69, 9.17) is 14.6 Å². The third-order valence-electron chi connectivity index (χ3n) is 8.82. The maximum absolute atomic E-state index is 13.5. The highest BCUT2D eigenvalue weighted by atomic mass is 16.5. The molecule has 2 aromatic heterocycles. The molecule has 0 saturated carbocycles. The molecule has 1 atom stereocenters. The normalized spacial score (nSPS) is 13.1. The fourth-order valence-corrected chi connectivity index (χ4v) is 5.86. The molecule has 51 heavy (non-hydrogen) atoms. The molecule has 270 valence electrons. The molecule has 2 aromatic carbocycles. The maximum Gasteiger partial charge on any atom is 0.290 e. The summed E-state index contributed by atoms with van der Waals surface area (Å²) in [6.45, 7) is 10.4. The number of likely N-dealkylation sites (tertiary alicyclic amines) is 1. The average molecular weight is 694 g/mol. The monoisotopic (exact) mass is 693 g/mol. The molecule has 1 unspecified atom stereocenters. The van der Waals surface area contributed by atoms with Gasteiger partial charge < -0.3 is 20.1 Å². The molecule has 2 N–H and O–H groups in total. The molecule has 1 aliphatic heterocycles. The van der Waals surface area contributed by atoms with Gasteiger partial charge in [0.15, 0.2) is 5.82 Å². The van der Waals surface area contributed by atoms with Gasteiger partial charge in [0.1, 0.15) is 11.8 Å². The SMILES string of the molecule is CCCCCCCOc1ccc(-c2cnc(-c3ccc(CC(NC(=O)c4ccc(C(C)(C)C)nc4)C(=O)N4CCCC4)cc3)nc2)cc1.O=CO. The summed E-state index contributed by atoms with van der Waals surface area (Å²) >= 11 is 0. The van der Waals surface area contributed by atoms with Crippen LogP contribution in [0.15, 0.2) is 79.3 Å². The highest BCUT2D eigenvalue weighted by Gasteiger charge is 2.28. The fraction of sp³-hybridized carbons (Fsp3) is 0.415. The first-order chi connectivity index (χ1) is 24.6. The van der Waals surface area contributed by atoms with Crippen LogP contribution < -0.4 is 10.1 Å². The van der Waals surface area contributed by atoms with E-state index in [0.717, 1.165) is 72.7 Å². The number of pyridine rings is 1. The average Bonchev–Trinajstić information content (AvgIpc) is 3.69. The molecule has 1 fully saturated rings. The van der Waals surface area contributed by atoms with Gasteiger partial charge in [-0.25, -0.2) is 9.97 Å². The summed E-state index contributed by atoms with van der Waals surface area (Å²) in [6, 6.07) is 18.9. The minimum atomic E-state index is -0.679. The van der Waals surface area contributed by atoms with E-state index >= 15 is 0 Å². The van der Waals surface area contributed by atoms with E-state index in [-0.39, 0.29) is 23.7 Å². The van der Waals surface area contributed by atoms with Gasteiger partial charge in [0, 0.05) is 60.3 Å². The van der Waals surface area contributed by atoms with Crippen molar-refractivity contribution in [2.45, 2.75) is 90.5 Å². The first-order valence-electron chi connectivity index (χ1n) is 17.9. The van der Waals surface area contributed by atoms with Crippen molar-refractivity contribution in [2.24, 2.45) is 0 Å². The van der Waals surface area contributed by atoms with Gasteiger partial charge in [-0.3, -0.25) is 19.4 Å². The Bertz CT molecular complexity index is 1660. The van der Waals surface area contributed by atoms with Crippen LogP contribution >= 0.6 is 0 Å². The van der Waals surface area contributed by atoms with Crippen LogP contribution in [0.2, 0.25) is 0 Å². The molecule has 5 rings (SSSR count). The van der Waals surface area contributed by atoms with Gasteiger partial charge in [-0.05, 0) is 54.7 Å². The van der Waals surface area contributed by atoms with Crippen molar-refractivity contribution < 1.29 is 24.2 Å². The minimum absolute atomic E-state index is 0.0508. The first kappa shape index (κ1) is 38.7. The Hall–Kier alpha value is -5.12. The number of unbranched alkanes of at least 4 members (excludes halogenated alkanes) is 4. The van der Waals surface area contributed by atoms with Crippen molar-refractivity contribution in [3.8, 4) is 28.3 Å². The topological polar surface area (TPSA) is 135 Å². The highest BCUT2D eigenvalue weighted by Crippen LogP contribution is 2.24. The Morgan fingerprint density at radius 3 is 2.06 bits per heavy atom. The van der Waals surface area contributed by atoms with Crippen LogP contribution in [-0.4, -0.2) is 69.0 Å². The number of ether oxygens (including phenoxy) is 1. The third-order valence-corrected chi connectivity index (χ3v) is 8.82. The number of carboxylic acid groups (broad SMARTS) is 1. The minimum Gasteiger partial charge on any atom is -0.494 e. The summed E-state index contributed by atoms with van der Waals surface area (Å²) in [5.74, 6) is 1.15. The van der Waals surface area contributed by atoms with E-state index in [0.29, 0.717) is 17.8 Å². The van der Waals surface area contributed by atoms with Gasteiger partial charge >= 0.3 is 0 Å². The van der Waals surface area contributed by atoms with Crippen LogP contribution in [0.1, 0.15) is 94.3 Å². The molecule has 4 aromatic rings. The van der Waals surface area contributed by atoms with Crippen molar-refractivity contribution in [3.05, 3.63) is 96.1 Å². The summed E-state index contributed by atoms with van der Waals surface area (Å²) in [5, 5.41) is 9.89. The smallest absolute Gasteiger partial charge is 0.290 e. The van der Waals surface area contributed by atoms with E-state index in [1.54, 1.807) is 12.3 Å². The molecular formula is C41H51N5O5. The summed E-state index contributed by atoms with van der Waals surface area (Å²) < 4.78 is 5.90. The van der Waals surface area contributed by atoms with Crippen LogP contribution in [-0.2, 0) is 21.4 Å². The predicted octanol–water partition coefficient (Wildman–Crippen LogP) is 7.52. The number of benzene rings is 2. The van der Waals surface area contributed by atoms with E-state index < -0.39 is 6.04 Å². The Morgan fingerprint density at radius 2 is 1.47 bits per heavy atom. The molecular weight excluding hydrogens is 642 g/mol. The van der Waals surface area contributed by atoms with Crippen molar-refractivity contribution in [1.82, 2.24) is 25.2 Å². The van der Waals surface area contributed by atoms with E-state index in [1.807, 2.05) is 71.9 Å². The summed E-state index contributed by atoms with van der Waals surface area (Å²) in [4.78, 5) is 50.7. The van der Waals surface area contributed by atoms with Gasteiger partial charge in [0.05, 0.1) is 12.2 Å². The number of amides is 2. The van der Waals surface area contributed by atoms with Crippen molar-refractivity contribution in [3.63, 3.8) is 0 Å². The number of aromatic nitrogens is 3. The molecule has 10 nitrogen and oxygen atoms in total. The van der Waals surface area contributed by atoms with Crippen molar-refractivity contribution in [1.29, 1.82) is 0 Å². The quantitative estimate of drug-likeness (QED) is 0.102. The lowest BCUT2D eigenvalue weighted by atomic mass is 9.91. The van der Waals surface area contributed by atoms with E-state index in [1.165, 1.54) is 25.7 Å². The van der Waals surface area contributed by atoms with Crippen LogP contribution in [0.3, 0.4) is 0 Å². The number of hydrogen-bond acceptors (Lipinski definition) is 7. The number of carbonyl (C=O) groups excluding carboxylic acids is 2. The third kappa shape index (κ3) is 11.7. The van der Waals surface area contributed by atoms with Crippen molar-refractivity contribution in [2.75, 3.05) is 19.7 Å². The molecule has 10 heteroatoms. The first-order valence-corrected chi connectivity index (χ1v) is 17.9. The Balaban J connectivity index is 0.00000188. The molecule has 0 radical (unpaired) electrons. The Kier molecular flexibility index (Phi) is 14.7. The van der Waals surface area contributed by atoms with Gasteiger partial charge in [0.25, 0.3) is 12.4 Å². The number of hydrogen-bond donors (Lipinski definition) is 2. The van der Waals surface area contributed by atoms with Gasteiger partial charge in [-0.1, -0.05) is 89.8 Å². The van der Waals surface area contributed by atoms with Crippen molar-refractivity contribution >= 4 is 18.3 Å². The van der Waals surface area contributed by atoms with Gasteiger partial charge in [0.2, 0.25) is 5.91 Å². The molecule has 2 amide bonds. The molecule has 0 spiro atoms. The lowest BCUT2D eigenvalue weighted by molar-refractivity contribution is -0.132. The molecule has 1 saturated heterocycles. The van der Waals surface area contributed by atoms with Crippen LogP contribution in [0.4, 0.5) is 0 Å². The zero-order valence-electron chi connectivity index (χ0n) is 30.3. The predicted molar refractivity (Wildman–Crippen MR) is 200 cm³/mol. The largest absolute Gasteiger partial charge is 0.494 e. The zero-order valence-corrected chi connectivity index (χ0v) is 30.3. The molecule has 3 heterocycles. The van der Waals surface area contributed by atoms with Crippen LogP contribution in [0.25, 0.3) is 22.5 Å². The summed E-state index contributed by atoms with van der Waals surface area (Å²) in [5.41, 5.74) is 5.02. The van der Waals surface area contributed by atoms with Crippen LogP contribution in [0, 0.1) is 0 Å². The lowest BCUT2D eigenvalue weighted by Gasteiger charge is -2.24. The summed E-state index contributed by atoms with van der Waals surface area (Å²) in [6.07, 6.45) is 13.7. The second kappa shape index (κ2) is 19.3. The number of rotatable bonds is 14. The standard InChI is InChI=1S/C40H49N5O3.CH2O2/c1-5-6-7-8-11-24-48-34-19-16-30(17-20-34)33-27-42-37(43-28-33)31-14-12-29(13-15-31)25-35(39(47)45-22-9-10-23-45)44-38(46)32-18-21-36(41-26-32)40(2,3)4;2-1-3/h12-21,26-28,35H,5-11,22-25H2,1-4H3,(H,44,46);1H,(H,2,3). The molecule has 1 aliphatic rings. The van der Waals surface area contributed by atoms with E-state index in [2.05, 4.69) is 48.0 Å². The Morgan fingerprint density at radius 1 is 0.843 bits per heavy atom. The Labute approximate surface area is 301 Å². The second-order valence-electron chi connectivity index (χ2n) is 13.8. The zero-order chi connectivity index (χ0) is 36.6. The van der Waals surface area contributed by atoms with Gasteiger partial charge in [-0.2, -0.15) is 0 Å². The maximum atomic E-state index is 13.5. The number of nitrogens with zero attached hydrogens (tertiary/aromatic N) is 4. The molecule has 0 aliphatic carbocycles. The second-order valence-corrected chi connectivity index (χ2v) is 13.8. The lowest BCUT2D eigenvalue weighted by Crippen LogP contribution is -2.49. The number of carbonyl (C=O) groups is 3. The van der Waals surface area contributed by atoms with E-state index in [9.17, 15) is 9.59 Å².